The standard InChI is InChI=1S/C21H24F2N2O4S2/c1-14(20-18(22)7-4-8-19(20)23)30-15(2)21(26)24-16-5-3-6-17(13-16)31(27,28)25-9-11-29-12-10-25/h3-8,13-15H,9-12H2,1-2H3,(H,24,26). The molecule has 1 saturated heterocycles. The van der Waals surface area contributed by atoms with E-state index in [-0.39, 0.29) is 23.5 Å². The van der Waals surface area contributed by atoms with Gasteiger partial charge in [0.05, 0.1) is 23.4 Å². The van der Waals surface area contributed by atoms with Crippen LogP contribution in [0.3, 0.4) is 0 Å². The van der Waals surface area contributed by atoms with Crippen molar-refractivity contribution in [1.29, 1.82) is 0 Å². The average molecular weight is 471 g/mol. The van der Waals surface area contributed by atoms with Gasteiger partial charge in [0.2, 0.25) is 15.9 Å². The molecule has 0 saturated carbocycles. The number of thioether (sulfide) groups is 1. The van der Waals surface area contributed by atoms with Crippen LogP contribution in [-0.2, 0) is 19.6 Å². The van der Waals surface area contributed by atoms with E-state index in [9.17, 15) is 22.0 Å². The molecule has 2 aromatic rings. The van der Waals surface area contributed by atoms with Crippen LogP contribution in [0.25, 0.3) is 0 Å². The molecule has 10 heteroatoms. The number of hydrogen-bond donors (Lipinski definition) is 1. The number of morpholine rings is 1. The minimum Gasteiger partial charge on any atom is -0.379 e. The largest absolute Gasteiger partial charge is 0.379 e. The van der Waals surface area contributed by atoms with Crippen LogP contribution < -0.4 is 5.32 Å². The number of ether oxygens (including phenoxy) is 1. The van der Waals surface area contributed by atoms with E-state index >= 15 is 0 Å². The van der Waals surface area contributed by atoms with E-state index in [0.717, 1.165) is 11.8 Å². The van der Waals surface area contributed by atoms with Gasteiger partial charge >= 0.3 is 0 Å². The second-order valence-corrected chi connectivity index (χ2v) is 10.7. The summed E-state index contributed by atoms with van der Waals surface area (Å²) in [7, 11) is -3.69. The molecule has 2 unspecified atom stereocenters. The fraction of sp³-hybridized carbons (Fsp3) is 0.381. The number of sulfonamides is 1. The summed E-state index contributed by atoms with van der Waals surface area (Å²) < 4.78 is 60.1. The Morgan fingerprint density at radius 2 is 1.71 bits per heavy atom. The summed E-state index contributed by atoms with van der Waals surface area (Å²) in [4.78, 5) is 12.7. The van der Waals surface area contributed by atoms with Crippen LogP contribution in [0.4, 0.5) is 14.5 Å². The molecule has 1 amide bonds. The van der Waals surface area contributed by atoms with Gasteiger partial charge in [-0.1, -0.05) is 12.1 Å². The molecule has 0 spiro atoms. The molecular weight excluding hydrogens is 446 g/mol. The Hall–Kier alpha value is -2.01. The molecule has 2 atom stereocenters. The van der Waals surface area contributed by atoms with Gasteiger partial charge in [0.25, 0.3) is 0 Å². The van der Waals surface area contributed by atoms with Gasteiger partial charge in [-0.15, -0.1) is 11.8 Å². The van der Waals surface area contributed by atoms with Crippen molar-refractivity contribution in [2.45, 2.75) is 29.2 Å². The molecule has 31 heavy (non-hydrogen) atoms. The zero-order valence-corrected chi connectivity index (χ0v) is 18.8. The van der Waals surface area contributed by atoms with Crippen molar-refractivity contribution in [2.75, 3.05) is 31.6 Å². The van der Waals surface area contributed by atoms with Gasteiger partial charge in [0.1, 0.15) is 11.6 Å². The van der Waals surface area contributed by atoms with Gasteiger partial charge in [-0.05, 0) is 44.2 Å². The lowest BCUT2D eigenvalue weighted by molar-refractivity contribution is -0.115. The molecule has 0 aliphatic carbocycles. The van der Waals surface area contributed by atoms with Crippen LogP contribution in [-0.4, -0.2) is 50.2 Å². The van der Waals surface area contributed by atoms with E-state index < -0.39 is 38.1 Å². The third-order valence-corrected chi connectivity index (χ3v) is 8.05. The first-order valence-corrected chi connectivity index (χ1v) is 12.2. The summed E-state index contributed by atoms with van der Waals surface area (Å²) in [5.41, 5.74) is 0.252. The van der Waals surface area contributed by atoms with Crippen LogP contribution >= 0.6 is 11.8 Å². The van der Waals surface area contributed by atoms with E-state index in [1.807, 2.05) is 0 Å². The molecule has 0 radical (unpaired) electrons. The zero-order chi connectivity index (χ0) is 22.6. The molecule has 0 aromatic heterocycles. The SMILES string of the molecule is CC(SC(C)c1c(F)cccc1F)C(=O)Nc1cccc(S(=O)(=O)N2CCOCC2)c1. The van der Waals surface area contributed by atoms with E-state index in [2.05, 4.69) is 5.32 Å². The van der Waals surface area contributed by atoms with Crippen LogP contribution in [0.15, 0.2) is 47.4 Å². The van der Waals surface area contributed by atoms with E-state index in [4.69, 9.17) is 4.74 Å². The number of anilines is 1. The number of nitrogens with one attached hydrogen (secondary N) is 1. The summed E-state index contributed by atoms with van der Waals surface area (Å²) in [6.45, 7) is 4.49. The highest BCUT2D eigenvalue weighted by molar-refractivity contribution is 8.00. The van der Waals surface area contributed by atoms with Crippen molar-refractivity contribution in [3.63, 3.8) is 0 Å². The van der Waals surface area contributed by atoms with Crippen molar-refractivity contribution in [3.8, 4) is 0 Å². The third-order valence-electron chi connectivity index (χ3n) is 4.89. The minimum absolute atomic E-state index is 0.0780. The van der Waals surface area contributed by atoms with E-state index in [1.54, 1.807) is 26.0 Å². The van der Waals surface area contributed by atoms with Crippen molar-refractivity contribution in [2.24, 2.45) is 0 Å². The smallest absolute Gasteiger partial charge is 0.243 e. The van der Waals surface area contributed by atoms with Crippen LogP contribution in [0.1, 0.15) is 24.7 Å². The first kappa shape index (κ1) is 23.6. The topological polar surface area (TPSA) is 75.7 Å². The number of hydrogen-bond acceptors (Lipinski definition) is 5. The number of benzene rings is 2. The lowest BCUT2D eigenvalue weighted by Crippen LogP contribution is -2.40. The molecular formula is C21H24F2N2O4S2. The molecule has 1 aliphatic heterocycles. The minimum atomic E-state index is -3.69. The van der Waals surface area contributed by atoms with Crippen LogP contribution in [0, 0.1) is 11.6 Å². The molecule has 168 valence electrons. The monoisotopic (exact) mass is 470 g/mol. The van der Waals surface area contributed by atoms with Crippen LogP contribution in [0.5, 0.6) is 0 Å². The lowest BCUT2D eigenvalue weighted by atomic mass is 10.1. The first-order chi connectivity index (χ1) is 14.7. The maximum absolute atomic E-state index is 14.0. The molecule has 1 heterocycles. The number of nitrogens with zero attached hydrogens (tertiary/aromatic N) is 1. The second kappa shape index (κ2) is 10.1. The molecule has 0 bridgehead atoms. The fourth-order valence-corrected chi connectivity index (χ4v) is 5.86. The zero-order valence-electron chi connectivity index (χ0n) is 17.2. The highest BCUT2D eigenvalue weighted by atomic mass is 32.2. The van der Waals surface area contributed by atoms with Crippen molar-refractivity contribution in [1.82, 2.24) is 4.31 Å². The lowest BCUT2D eigenvalue weighted by Gasteiger charge is -2.26. The number of rotatable bonds is 7. The summed E-state index contributed by atoms with van der Waals surface area (Å²) in [6, 6.07) is 9.67. The Balaban J connectivity index is 1.68. The second-order valence-electron chi connectivity index (χ2n) is 7.09. The number of carbonyl (C=O) groups excluding carboxylic acids is 1. The van der Waals surface area contributed by atoms with Crippen molar-refractivity contribution in [3.05, 3.63) is 59.7 Å². The highest BCUT2D eigenvalue weighted by Crippen LogP contribution is 2.35. The number of carbonyl (C=O) groups is 1. The maximum atomic E-state index is 14.0. The maximum Gasteiger partial charge on any atom is 0.243 e. The van der Waals surface area contributed by atoms with Crippen molar-refractivity contribution < 1.29 is 26.7 Å². The summed E-state index contributed by atoms with van der Waals surface area (Å²) in [6.07, 6.45) is 0. The summed E-state index contributed by atoms with van der Waals surface area (Å²) in [5.74, 6) is -1.71. The van der Waals surface area contributed by atoms with Gasteiger partial charge in [0.15, 0.2) is 0 Å². The van der Waals surface area contributed by atoms with E-state index in [1.165, 1.54) is 34.6 Å². The first-order valence-electron chi connectivity index (χ1n) is 9.78. The molecule has 1 fully saturated rings. The van der Waals surface area contributed by atoms with Crippen LogP contribution in [0.2, 0.25) is 0 Å². The van der Waals surface area contributed by atoms with Crippen molar-refractivity contribution >= 4 is 33.4 Å². The number of amides is 1. The molecule has 1 N–H and O–H groups in total. The predicted molar refractivity (Wildman–Crippen MR) is 116 cm³/mol. The summed E-state index contributed by atoms with van der Waals surface area (Å²) >= 11 is 1.11. The normalized spacial score (nSPS) is 17.2. The quantitative estimate of drug-likeness (QED) is 0.666. The van der Waals surface area contributed by atoms with Gasteiger partial charge < -0.3 is 10.1 Å². The van der Waals surface area contributed by atoms with Gasteiger partial charge in [-0.3, -0.25) is 4.79 Å². The highest BCUT2D eigenvalue weighted by Gasteiger charge is 2.27. The Bertz CT molecular complexity index is 1020. The predicted octanol–water partition coefficient (Wildman–Crippen LogP) is 3.81. The molecule has 2 aromatic carbocycles. The Morgan fingerprint density at radius 3 is 2.35 bits per heavy atom. The fourth-order valence-electron chi connectivity index (χ4n) is 3.25. The number of halogens is 2. The molecule has 6 nitrogen and oxygen atoms in total. The Morgan fingerprint density at radius 1 is 1.10 bits per heavy atom. The molecule has 1 aliphatic rings. The Kier molecular flexibility index (Phi) is 7.68. The third kappa shape index (κ3) is 5.62. The van der Waals surface area contributed by atoms with Gasteiger partial charge in [-0.25, -0.2) is 17.2 Å². The van der Waals surface area contributed by atoms with Gasteiger partial charge in [0, 0.05) is 29.6 Å². The Labute approximate surface area is 185 Å². The molecule has 3 rings (SSSR count). The average Bonchev–Trinajstić information content (AvgIpc) is 2.74. The van der Waals surface area contributed by atoms with Gasteiger partial charge in [-0.2, -0.15) is 4.31 Å². The summed E-state index contributed by atoms with van der Waals surface area (Å²) in [5, 5.41) is 1.47. The van der Waals surface area contributed by atoms with E-state index in [0.29, 0.717) is 18.9 Å².